The van der Waals surface area contributed by atoms with E-state index < -0.39 is 12.5 Å². The maximum Gasteiger partial charge on any atom is 0.387 e. The largest absolute Gasteiger partial charge is 0.435 e. The van der Waals surface area contributed by atoms with E-state index in [1.807, 2.05) is 0 Å². The average molecular weight is 343 g/mol. The van der Waals surface area contributed by atoms with Crippen molar-refractivity contribution in [2.24, 2.45) is 0 Å². The van der Waals surface area contributed by atoms with Crippen molar-refractivity contribution < 1.29 is 18.3 Å². The normalized spacial score (nSPS) is 10.4. The van der Waals surface area contributed by atoms with E-state index in [0.29, 0.717) is 15.9 Å². The topological polar surface area (TPSA) is 51.2 Å². The molecule has 1 heterocycles. The van der Waals surface area contributed by atoms with Crippen LogP contribution < -0.4 is 10.1 Å². The van der Waals surface area contributed by atoms with E-state index in [4.69, 9.17) is 0 Å². The Bertz CT molecular complexity index is 606. The van der Waals surface area contributed by atoms with E-state index in [0.717, 1.165) is 0 Å². The van der Waals surface area contributed by atoms with Crippen molar-refractivity contribution in [1.29, 1.82) is 0 Å². The third-order valence-corrected chi connectivity index (χ3v) is 2.97. The summed E-state index contributed by atoms with van der Waals surface area (Å²) in [6.45, 7) is -2.89. The molecule has 104 valence electrons. The molecule has 2 rings (SSSR count). The molecule has 0 radical (unpaired) electrons. The second-order valence-electron chi connectivity index (χ2n) is 3.69. The number of anilines is 1. The first-order valence-electron chi connectivity index (χ1n) is 5.53. The van der Waals surface area contributed by atoms with Crippen LogP contribution in [0, 0.1) is 0 Å². The molecule has 1 amide bonds. The highest BCUT2D eigenvalue weighted by Gasteiger charge is 2.10. The molecule has 1 aromatic heterocycles. The molecule has 1 aromatic carbocycles. The number of ether oxygens (including phenoxy) is 1. The number of carbonyl (C=O) groups excluding carboxylic acids is 1. The number of carbonyl (C=O) groups is 1. The van der Waals surface area contributed by atoms with Gasteiger partial charge in [-0.05, 0) is 52.3 Å². The van der Waals surface area contributed by atoms with Gasteiger partial charge in [-0.1, -0.05) is 0 Å². The van der Waals surface area contributed by atoms with Gasteiger partial charge in [0, 0.05) is 11.8 Å². The van der Waals surface area contributed by atoms with E-state index in [1.54, 1.807) is 18.3 Å². The van der Waals surface area contributed by atoms with E-state index in [9.17, 15) is 13.6 Å². The molecule has 2 aromatic rings. The number of nitrogens with zero attached hydrogens (tertiary/aromatic N) is 1. The number of amides is 1. The molecule has 0 spiro atoms. The maximum absolute atomic E-state index is 12.0. The van der Waals surface area contributed by atoms with Gasteiger partial charge in [-0.15, -0.1) is 0 Å². The molecule has 1 N–H and O–H groups in total. The minimum atomic E-state index is -2.89. The van der Waals surface area contributed by atoms with Gasteiger partial charge in [0.1, 0.15) is 11.6 Å². The van der Waals surface area contributed by atoms with Crippen molar-refractivity contribution in [3.05, 3.63) is 52.6 Å². The lowest BCUT2D eigenvalue weighted by molar-refractivity contribution is -0.0498. The number of aromatic nitrogens is 1. The summed E-state index contributed by atoms with van der Waals surface area (Å²) in [6.07, 6.45) is 1.54. The first kappa shape index (κ1) is 14.4. The minimum Gasteiger partial charge on any atom is -0.435 e. The van der Waals surface area contributed by atoms with Crippen molar-refractivity contribution >= 4 is 27.7 Å². The van der Waals surface area contributed by atoms with E-state index in [1.165, 1.54) is 24.3 Å². The second-order valence-corrected chi connectivity index (χ2v) is 4.55. The molecule has 20 heavy (non-hydrogen) atoms. The highest BCUT2D eigenvalue weighted by atomic mass is 79.9. The van der Waals surface area contributed by atoms with Crippen LogP contribution in [0.25, 0.3) is 0 Å². The number of halogens is 3. The van der Waals surface area contributed by atoms with Crippen LogP contribution in [0.15, 0.2) is 47.1 Å². The zero-order valence-corrected chi connectivity index (χ0v) is 11.6. The van der Waals surface area contributed by atoms with Crippen LogP contribution in [0.3, 0.4) is 0 Å². The fraction of sp³-hybridized carbons (Fsp3) is 0.0769. The molecule has 0 aliphatic heterocycles. The molecule has 0 aliphatic rings. The fourth-order valence-electron chi connectivity index (χ4n) is 1.45. The highest BCUT2D eigenvalue weighted by Crippen LogP contribution is 2.20. The van der Waals surface area contributed by atoms with Crippen molar-refractivity contribution in [3.63, 3.8) is 0 Å². The number of benzene rings is 1. The van der Waals surface area contributed by atoms with Gasteiger partial charge in [-0.3, -0.25) is 4.79 Å². The third-order valence-electron chi connectivity index (χ3n) is 2.33. The molecule has 0 saturated carbocycles. The molecule has 0 aliphatic carbocycles. The molecule has 0 bridgehead atoms. The molecule has 4 nitrogen and oxygen atoms in total. The predicted molar refractivity (Wildman–Crippen MR) is 73.0 cm³/mol. The summed E-state index contributed by atoms with van der Waals surface area (Å²) in [5, 5.41) is 2.60. The Hall–Kier alpha value is -2.02. The number of alkyl halides is 2. The Morgan fingerprint density at radius 1 is 1.25 bits per heavy atom. The van der Waals surface area contributed by atoms with Gasteiger partial charge in [0.2, 0.25) is 0 Å². The van der Waals surface area contributed by atoms with Crippen LogP contribution >= 0.6 is 15.9 Å². The Morgan fingerprint density at radius 2 is 1.95 bits per heavy atom. The monoisotopic (exact) mass is 342 g/mol. The number of pyridine rings is 1. The van der Waals surface area contributed by atoms with Crippen molar-refractivity contribution in [3.8, 4) is 5.75 Å². The Balaban J connectivity index is 2.08. The summed E-state index contributed by atoms with van der Waals surface area (Å²) >= 11 is 3.26. The lowest BCUT2D eigenvalue weighted by Crippen LogP contribution is -2.13. The quantitative estimate of drug-likeness (QED) is 0.921. The smallest absolute Gasteiger partial charge is 0.387 e. The van der Waals surface area contributed by atoms with E-state index >= 15 is 0 Å². The molecular formula is C13H9BrF2N2O2. The van der Waals surface area contributed by atoms with Gasteiger partial charge in [0.15, 0.2) is 0 Å². The van der Waals surface area contributed by atoms with Crippen LogP contribution in [-0.4, -0.2) is 17.5 Å². The van der Waals surface area contributed by atoms with Gasteiger partial charge < -0.3 is 10.1 Å². The fourth-order valence-corrected chi connectivity index (χ4v) is 1.80. The summed E-state index contributed by atoms with van der Waals surface area (Å²) in [6, 6.07) is 8.84. The molecule has 0 fully saturated rings. The number of hydrogen-bond donors (Lipinski definition) is 1. The first-order chi connectivity index (χ1) is 9.56. The SMILES string of the molecule is O=C(Nc1ncccc1Br)c1ccc(OC(F)F)cc1. The Kier molecular flexibility index (Phi) is 4.62. The number of hydrogen-bond acceptors (Lipinski definition) is 3. The van der Waals surface area contributed by atoms with E-state index in [2.05, 4.69) is 31.0 Å². The first-order valence-corrected chi connectivity index (χ1v) is 6.32. The van der Waals surface area contributed by atoms with Gasteiger partial charge in [0.05, 0.1) is 4.47 Å². The van der Waals surface area contributed by atoms with Gasteiger partial charge in [-0.2, -0.15) is 8.78 Å². The zero-order chi connectivity index (χ0) is 14.5. The van der Waals surface area contributed by atoms with Crippen molar-refractivity contribution in [2.75, 3.05) is 5.32 Å². The molecule has 0 saturated heterocycles. The standard InChI is InChI=1S/C13H9BrF2N2O2/c14-10-2-1-7-17-11(10)18-12(19)8-3-5-9(6-4-8)20-13(15)16/h1-7,13H,(H,17,18,19). The third kappa shape index (κ3) is 3.74. The van der Waals surface area contributed by atoms with Crippen LogP contribution in [0.2, 0.25) is 0 Å². The van der Waals surface area contributed by atoms with Crippen LogP contribution in [0.5, 0.6) is 5.75 Å². The highest BCUT2D eigenvalue weighted by molar-refractivity contribution is 9.10. The molecule has 0 atom stereocenters. The lowest BCUT2D eigenvalue weighted by atomic mass is 10.2. The van der Waals surface area contributed by atoms with Crippen LogP contribution in [0.1, 0.15) is 10.4 Å². The van der Waals surface area contributed by atoms with Crippen molar-refractivity contribution in [2.45, 2.75) is 6.61 Å². The summed E-state index contributed by atoms with van der Waals surface area (Å²) in [5.74, 6) is -0.0195. The Morgan fingerprint density at radius 3 is 2.55 bits per heavy atom. The maximum atomic E-state index is 12.0. The van der Waals surface area contributed by atoms with Crippen molar-refractivity contribution in [1.82, 2.24) is 4.98 Å². The summed E-state index contributed by atoms with van der Waals surface area (Å²) in [7, 11) is 0. The summed E-state index contributed by atoms with van der Waals surface area (Å²) < 4.78 is 28.8. The average Bonchev–Trinajstić information content (AvgIpc) is 2.41. The minimum absolute atomic E-state index is 0.00410. The van der Waals surface area contributed by atoms with Crippen LogP contribution in [-0.2, 0) is 0 Å². The summed E-state index contributed by atoms with van der Waals surface area (Å²) in [5.41, 5.74) is 0.309. The molecule has 7 heteroatoms. The van der Waals surface area contributed by atoms with Crippen LogP contribution in [0.4, 0.5) is 14.6 Å². The lowest BCUT2D eigenvalue weighted by Gasteiger charge is -2.07. The zero-order valence-electron chi connectivity index (χ0n) is 10.0. The Labute approximate surface area is 121 Å². The molecular weight excluding hydrogens is 334 g/mol. The summed E-state index contributed by atoms with van der Waals surface area (Å²) in [4.78, 5) is 15.9. The number of nitrogens with one attached hydrogen (secondary N) is 1. The number of rotatable bonds is 4. The second kappa shape index (κ2) is 6.42. The van der Waals surface area contributed by atoms with Gasteiger partial charge in [0.25, 0.3) is 5.91 Å². The van der Waals surface area contributed by atoms with Gasteiger partial charge >= 0.3 is 6.61 Å². The molecule has 0 unspecified atom stereocenters. The predicted octanol–water partition coefficient (Wildman–Crippen LogP) is 3.70. The van der Waals surface area contributed by atoms with Gasteiger partial charge in [-0.25, -0.2) is 4.98 Å². The van der Waals surface area contributed by atoms with E-state index in [-0.39, 0.29) is 5.75 Å².